The number of rotatable bonds is 6. The van der Waals surface area contributed by atoms with Crippen molar-refractivity contribution < 1.29 is 4.42 Å². The van der Waals surface area contributed by atoms with E-state index in [-0.39, 0.29) is 0 Å². The minimum atomic E-state index is 0.595. The summed E-state index contributed by atoms with van der Waals surface area (Å²) in [5, 5.41) is 4.50. The van der Waals surface area contributed by atoms with Gasteiger partial charge in [-0.15, -0.1) is 0 Å². The Labute approximate surface area is 322 Å². The lowest BCUT2D eigenvalue weighted by molar-refractivity contribution is 0.669. The van der Waals surface area contributed by atoms with E-state index in [9.17, 15) is 0 Å². The molecule has 5 heteroatoms. The molecule has 0 bridgehead atoms. The molecule has 0 N–H and O–H groups in total. The van der Waals surface area contributed by atoms with E-state index in [0.29, 0.717) is 17.5 Å². The van der Waals surface area contributed by atoms with Gasteiger partial charge in [0.25, 0.3) is 0 Å². The van der Waals surface area contributed by atoms with Gasteiger partial charge >= 0.3 is 0 Å². The molecule has 262 valence electrons. The zero-order valence-electron chi connectivity index (χ0n) is 30.2. The first-order valence-electron chi connectivity index (χ1n) is 18.8. The number of furan rings is 1. The fraction of sp³-hybridized carbons (Fsp3) is 0. The van der Waals surface area contributed by atoms with Crippen molar-refractivity contribution in [2.24, 2.45) is 0 Å². The van der Waals surface area contributed by atoms with Gasteiger partial charge in [-0.1, -0.05) is 152 Å². The lowest BCUT2D eigenvalue weighted by Crippen LogP contribution is -2.03. The van der Waals surface area contributed by atoms with Crippen molar-refractivity contribution >= 4 is 43.7 Å². The molecule has 0 aliphatic carbocycles. The number of hydrogen-bond donors (Lipinski definition) is 0. The standard InChI is InChI=1S/C51H32N4O/c1-4-14-33(15-5-1)35-24-26-37(27-25-35)50-52-49(36-18-8-3-9-19-36)53-51(54-50)40-21-10-12-22-44(40)55-45-29-28-38(34-16-6-2-7-17-34)30-41(45)42-31-43-39-20-11-13-23-47(39)56-48(43)32-46(42)55/h1-32H. The Bertz CT molecular complexity index is 3220. The number of hydrogen-bond acceptors (Lipinski definition) is 4. The zero-order valence-corrected chi connectivity index (χ0v) is 30.2. The van der Waals surface area contributed by atoms with Gasteiger partial charge < -0.3 is 8.98 Å². The number of benzene rings is 8. The maximum Gasteiger partial charge on any atom is 0.166 e. The van der Waals surface area contributed by atoms with E-state index >= 15 is 0 Å². The SMILES string of the molecule is c1ccc(-c2ccc(-c3nc(-c4ccccc4)nc(-c4ccccc4-n4c5ccc(-c6ccccc6)cc5c5cc6c(cc54)oc4ccccc46)n3)cc2)cc1. The quantitative estimate of drug-likeness (QED) is 0.172. The Morgan fingerprint density at radius 3 is 1.57 bits per heavy atom. The molecule has 0 aliphatic heterocycles. The maximum absolute atomic E-state index is 6.48. The van der Waals surface area contributed by atoms with Gasteiger partial charge in [-0.25, -0.2) is 15.0 Å². The number of para-hydroxylation sites is 2. The van der Waals surface area contributed by atoms with Gasteiger partial charge in [0, 0.05) is 44.3 Å². The Hall–Kier alpha value is -7.63. The summed E-state index contributed by atoms with van der Waals surface area (Å²) < 4.78 is 8.81. The Balaban J connectivity index is 1.15. The first-order chi connectivity index (χ1) is 27.7. The van der Waals surface area contributed by atoms with Crippen LogP contribution in [0, 0.1) is 0 Å². The van der Waals surface area contributed by atoms with Crippen molar-refractivity contribution in [2.75, 3.05) is 0 Å². The van der Waals surface area contributed by atoms with Crippen LogP contribution in [0.5, 0.6) is 0 Å². The fourth-order valence-electron chi connectivity index (χ4n) is 7.95. The predicted molar refractivity (Wildman–Crippen MR) is 229 cm³/mol. The van der Waals surface area contributed by atoms with Crippen LogP contribution in [0.2, 0.25) is 0 Å². The summed E-state index contributed by atoms with van der Waals surface area (Å²) in [7, 11) is 0. The molecule has 56 heavy (non-hydrogen) atoms. The van der Waals surface area contributed by atoms with Crippen molar-refractivity contribution in [3.05, 3.63) is 194 Å². The molecule has 0 unspecified atom stereocenters. The smallest absolute Gasteiger partial charge is 0.166 e. The summed E-state index contributed by atoms with van der Waals surface area (Å²) in [6.07, 6.45) is 0. The van der Waals surface area contributed by atoms with E-state index in [1.165, 1.54) is 5.56 Å². The predicted octanol–water partition coefficient (Wildman–Crippen LogP) is 13.2. The van der Waals surface area contributed by atoms with Crippen LogP contribution in [0.4, 0.5) is 0 Å². The number of fused-ring (bicyclic) bond motifs is 6. The minimum absolute atomic E-state index is 0.595. The van der Waals surface area contributed by atoms with E-state index in [1.807, 2.05) is 48.5 Å². The second-order valence-corrected chi connectivity index (χ2v) is 14.0. The molecule has 8 aromatic carbocycles. The van der Waals surface area contributed by atoms with Crippen molar-refractivity contribution in [1.82, 2.24) is 19.5 Å². The summed E-state index contributed by atoms with van der Waals surface area (Å²) in [5.74, 6) is 1.82. The van der Waals surface area contributed by atoms with Crippen LogP contribution in [0.15, 0.2) is 199 Å². The van der Waals surface area contributed by atoms with Gasteiger partial charge in [0.15, 0.2) is 17.5 Å². The molecule has 0 saturated heterocycles. The monoisotopic (exact) mass is 716 g/mol. The Morgan fingerprint density at radius 2 is 0.839 bits per heavy atom. The first kappa shape index (κ1) is 31.9. The van der Waals surface area contributed by atoms with Crippen LogP contribution in [-0.4, -0.2) is 19.5 Å². The largest absolute Gasteiger partial charge is 0.456 e. The van der Waals surface area contributed by atoms with Crippen molar-refractivity contribution in [3.63, 3.8) is 0 Å². The normalized spacial score (nSPS) is 11.6. The molecule has 0 spiro atoms. The summed E-state index contributed by atoms with van der Waals surface area (Å²) in [6, 6.07) is 67.4. The molecule has 0 radical (unpaired) electrons. The Morgan fingerprint density at radius 1 is 0.321 bits per heavy atom. The zero-order chi connectivity index (χ0) is 37.0. The van der Waals surface area contributed by atoms with Crippen LogP contribution in [0.3, 0.4) is 0 Å². The maximum atomic E-state index is 6.48. The van der Waals surface area contributed by atoms with Crippen LogP contribution in [0.25, 0.3) is 106 Å². The van der Waals surface area contributed by atoms with Gasteiger partial charge in [0.1, 0.15) is 11.2 Å². The van der Waals surface area contributed by atoms with Gasteiger partial charge in [-0.05, 0) is 58.7 Å². The molecular formula is C51H32N4O. The topological polar surface area (TPSA) is 56.7 Å². The highest BCUT2D eigenvalue weighted by molar-refractivity contribution is 6.18. The molecule has 0 aliphatic rings. The van der Waals surface area contributed by atoms with E-state index in [2.05, 4.69) is 150 Å². The van der Waals surface area contributed by atoms with Gasteiger partial charge in [-0.3, -0.25) is 0 Å². The highest BCUT2D eigenvalue weighted by Gasteiger charge is 2.21. The Kier molecular flexibility index (Phi) is 7.42. The second kappa shape index (κ2) is 13.0. The third-order valence-corrected chi connectivity index (χ3v) is 10.7. The van der Waals surface area contributed by atoms with E-state index < -0.39 is 0 Å². The third kappa shape index (κ3) is 5.37. The average Bonchev–Trinajstić information content (AvgIpc) is 3.80. The van der Waals surface area contributed by atoms with Crippen LogP contribution in [-0.2, 0) is 0 Å². The van der Waals surface area contributed by atoms with Crippen molar-refractivity contribution in [2.45, 2.75) is 0 Å². The van der Waals surface area contributed by atoms with Gasteiger partial charge in [0.05, 0.1) is 16.7 Å². The lowest BCUT2D eigenvalue weighted by Gasteiger charge is -2.15. The molecule has 0 atom stereocenters. The molecule has 5 nitrogen and oxygen atoms in total. The molecule has 0 fully saturated rings. The van der Waals surface area contributed by atoms with Crippen molar-refractivity contribution in [3.8, 4) is 62.1 Å². The number of aromatic nitrogens is 4. The second-order valence-electron chi connectivity index (χ2n) is 14.0. The molecule has 0 saturated carbocycles. The van der Waals surface area contributed by atoms with Crippen LogP contribution < -0.4 is 0 Å². The van der Waals surface area contributed by atoms with Crippen molar-refractivity contribution in [1.29, 1.82) is 0 Å². The average molecular weight is 717 g/mol. The molecule has 3 aromatic heterocycles. The molecular weight excluding hydrogens is 685 g/mol. The summed E-state index contributed by atoms with van der Waals surface area (Å²) >= 11 is 0. The lowest BCUT2D eigenvalue weighted by atomic mass is 10.0. The van der Waals surface area contributed by atoms with E-state index in [1.54, 1.807) is 0 Å². The molecule has 11 aromatic rings. The fourth-order valence-corrected chi connectivity index (χ4v) is 7.95. The van der Waals surface area contributed by atoms with Gasteiger partial charge in [0.2, 0.25) is 0 Å². The summed E-state index contributed by atoms with van der Waals surface area (Å²) in [4.78, 5) is 15.4. The number of nitrogens with zero attached hydrogens (tertiary/aromatic N) is 4. The summed E-state index contributed by atoms with van der Waals surface area (Å²) in [6.45, 7) is 0. The molecule has 0 amide bonds. The first-order valence-corrected chi connectivity index (χ1v) is 18.8. The highest BCUT2D eigenvalue weighted by atomic mass is 16.3. The minimum Gasteiger partial charge on any atom is -0.456 e. The van der Waals surface area contributed by atoms with E-state index in [4.69, 9.17) is 19.4 Å². The van der Waals surface area contributed by atoms with Crippen LogP contribution in [0.1, 0.15) is 0 Å². The van der Waals surface area contributed by atoms with E-state index in [0.717, 1.165) is 82.8 Å². The summed E-state index contributed by atoms with van der Waals surface area (Å²) in [5.41, 5.74) is 12.2. The third-order valence-electron chi connectivity index (χ3n) is 10.7. The highest BCUT2D eigenvalue weighted by Crippen LogP contribution is 2.41. The van der Waals surface area contributed by atoms with Crippen LogP contribution >= 0.6 is 0 Å². The molecule has 3 heterocycles. The molecule has 11 rings (SSSR count). The van der Waals surface area contributed by atoms with Gasteiger partial charge in [-0.2, -0.15) is 0 Å².